The Hall–Kier alpha value is -3.25. The Balaban J connectivity index is 1.92. The molecule has 1 amide bonds. The molecule has 150 valence electrons. The summed E-state index contributed by atoms with van der Waals surface area (Å²) < 4.78 is 33.0. The van der Waals surface area contributed by atoms with Crippen molar-refractivity contribution in [2.75, 3.05) is 12.0 Å². The van der Waals surface area contributed by atoms with E-state index >= 15 is 0 Å². The zero-order chi connectivity index (χ0) is 21.2. The summed E-state index contributed by atoms with van der Waals surface area (Å²) in [5.74, 6) is -0.540. The third-order valence-corrected chi connectivity index (χ3v) is 4.85. The number of benzene rings is 1. The monoisotopic (exact) mass is 419 g/mol. The Labute approximate surface area is 170 Å². The molecule has 0 radical (unpaired) electrons. The average molecular weight is 420 g/mol. The molecule has 1 aromatic heterocycles. The predicted molar refractivity (Wildman–Crippen MR) is 103 cm³/mol. The van der Waals surface area contributed by atoms with Crippen LogP contribution in [0.4, 0.5) is 14.5 Å². The average Bonchev–Trinajstić information content (AvgIpc) is 2.72. The Bertz CT molecular complexity index is 1010. The first kappa shape index (κ1) is 20.5. The van der Waals surface area contributed by atoms with Gasteiger partial charge in [0.05, 0.1) is 5.56 Å². The molecule has 10 heteroatoms. The maximum atomic E-state index is 15.0. The van der Waals surface area contributed by atoms with Gasteiger partial charge in [0.25, 0.3) is 11.9 Å². The maximum Gasteiger partial charge on any atom is 0.283 e. The summed E-state index contributed by atoms with van der Waals surface area (Å²) in [7, 11) is 0. The van der Waals surface area contributed by atoms with Crippen LogP contribution in [0.2, 0.25) is 5.02 Å². The summed E-state index contributed by atoms with van der Waals surface area (Å²) in [6.07, 6.45) is -2.01. The first-order chi connectivity index (χ1) is 13.8. The van der Waals surface area contributed by atoms with Crippen LogP contribution in [0.5, 0.6) is 0 Å². The Kier molecular flexibility index (Phi) is 5.66. The van der Waals surface area contributed by atoms with Crippen molar-refractivity contribution in [1.82, 2.24) is 4.98 Å². The van der Waals surface area contributed by atoms with Crippen LogP contribution in [-0.4, -0.2) is 35.9 Å². The molecule has 3 N–H and O–H groups in total. The van der Waals surface area contributed by atoms with Gasteiger partial charge in [-0.15, -0.1) is 0 Å². The van der Waals surface area contributed by atoms with Crippen molar-refractivity contribution >= 4 is 29.2 Å². The zero-order valence-corrected chi connectivity index (χ0v) is 16.0. The molecule has 0 saturated heterocycles. The van der Waals surface area contributed by atoms with Crippen LogP contribution in [-0.2, 0) is 10.3 Å². The Morgan fingerprint density at radius 3 is 2.83 bits per heavy atom. The van der Waals surface area contributed by atoms with Gasteiger partial charge in [-0.25, -0.2) is 18.8 Å². The number of halogens is 3. The topological polar surface area (TPSA) is 113 Å². The second-order valence-electron chi connectivity index (χ2n) is 6.50. The first-order valence-corrected chi connectivity index (χ1v) is 8.86. The minimum absolute atomic E-state index is 0.0842. The van der Waals surface area contributed by atoms with Gasteiger partial charge in [0.2, 0.25) is 0 Å². The highest BCUT2D eigenvalue weighted by Gasteiger charge is 2.47. The fourth-order valence-electron chi connectivity index (χ4n) is 2.99. The Morgan fingerprint density at radius 1 is 1.45 bits per heavy atom. The summed E-state index contributed by atoms with van der Waals surface area (Å²) >= 11 is 6.24. The van der Waals surface area contributed by atoms with Gasteiger partial charge in [-0.3, -0.25) is 4.79 Å². The number of nitrogens with one attached hydrogen (secondary N) is 1. The minimum Gasteiger partial charge on any atom is -0.456 e. The molecule has 0 fully saturated rings. The number of amidine groups is 1. The molecule has 1 aliphatic heterocycles. The van der Waals surface area contributed by atoms with Gasteiger partial charge in [0.1, 0.15) is 24.0 Å². The highest BCUT2D eigenvalue weighted by Crippen LogP contribution is 2.41. The molecule has 3 atom stereocenters. The number of nitrogens with two attached hydrogens (primary N) is 1. The van der Waals surface area contributed by atoms with Crippen molar-refractivity contribution < 1.29 is 18.3 Å². The number of alkyl halides is 2. The lowest BCUT2D eigenvalue weighted by Crippen LogP contribution is -2.50. The van der Waals surface area contributed by atoms with E-state index in [1.165, 1.54) is 43.5 Å². The number of carbonyl (C=O) groups excluding carboxylic acids is 1. The molecule has 0 aliphatic carbocycles. The molecular formula is C19H16ClF2N5O2. The molecule has 0 unspecified atom stereocenters. The molecule has 2 aromatic rings. The van der Waals surface area contributed by atoms with E-state index in [9.17, 15) is 13.6 Å². The molecule has 29 heavy (non-hydrogen) atoms. The second-order valence-corrected chi connectivity index (χ2v) is 6.91. The third kappa shape index (κ3) is 3.98. The maximum absolute atomic E-state index is 15.0. The van der Waals surface area contributed by atoms with Crippen LogP contribution in [0.1, 0.15) is 28.5 Å². The molecule has 1 aromatic carbocycles. The first-order valence-electron chi connectivity index (χ1n) is 8.48. The van der Waals surface area contributed by atoms with E-state index in [4.69, 9.17) is 27.3 Å². The van der Waals surface area contributed by atoms with Crippen LogP contribution >= 0.6 is 11.6 Å². The molecule has 2 heterocycles. The third-order valence-electron chi connectivity index (χ3n) is 4.52. The van der Waals surface area contributed by atoms with Crippen molar-refractivity contribution in [2.24, 2.45) is 10.7 Å². The van der Waals surface area contributed by atoms with Gasteiger partial charge < -0.3 is 15.8 Å². The zero-order valence-electron chi connectivity index (χ0n) is 15.2. The number of anilines is 1. The normalized spacial score (nSPS) is 23.5. The molecule has 3 rings (SSSR count). The van der Waals surface area contributed by atoms with Crippen LogP contribution in [0.3, 0.4) is 0 Å². The Morgan fingerprint density at radius 2 is 2.21 bits per heavy atom. The van der Waals surface area contributed by atoms with E-state index in [1.54, 1.807) is 0 Å². The van der Waals surface area contributed by atoms with Gasteiger partial charge in [-0.1, -0.05) is 11.6 Å². The van der Waals surface area contributed by atoms with Crippen LogP contribution in [0.25, 0.3) is 0 Å². The molecule has 0 spiro atoms. The molecule has 0 saturated carbocycles. The van der Waals surface area contributed by atoms with E-state index in [0.29, 0.717) is 11.3 Å². The predicted octanol–water partition coefficient (Wildman–Crippen LogP) is 3.10. The quantitative estimate of drug-likeness (QED) is 0.790. The fraction of sp³-hybridized carbons (Fsp3) is 0.263. The van der Waals surface area contributed by atoms with Crippen molar-refractivity contribution in [3.63, 3.8) is 0 Å². The van der Waals surface area contributed by atoms with Gasteiger partial charge in [0.15, 0.2) is 12.3 Å². The number of aromatic nitrogens is 1. The summed E-state index contributed by atoms with van der Waals surface area (Å²) in [5.41, 5.74) is 4.89. The van der Waals surface area contributed by atoms with Crippen molar-refractivity contribution in [3.05, 3.63) is 58.4 Å². The summed E-state index contributed by atoms with van der Waals surface area (Å²) in [5, 5.41) is 11.6. The largest absolute Gasteiger partial charge is 0.456 e. The molecule has 1 aliphatic rings. The lowest BCUT2D eigenvalue weighted by Gasteiger charge is -2.37. The van der Waals surface area contributed by atoms with Gasteiger partial charge in [0, 0.05) is 22.5 Å². The van der Waals surface area contributed by atoms with Crippen molar-refractivity contribution in [3.8, 4) is 6.07 Å². The van der Waals surface area contributed by atoms with Crippen LogP contribution in [0.15, 0.2) is 41.5 Å². The number of pyridine rings is 1. The van der Waals surface area contributed by atoms with E-state index in [1.807, 2.05) is 6.07 Å². The number of ether oxygens (including phenoxy) is 1. The highest BCUT2D eigenvalue weighted by atomic mass is 35.5. The van der Waals surface area contributed by atoms with Gasteiger partial charge >= 0.3 is 0 Å². The SMILES string of the molecule is C[C@]1(c2cc(NC(=O)c3ccc(C#N)cn3)ccc2Cl)N=C(N)O[C@H](CF)[C@@H]1F. The number of carbonyl (C=O) groups is 1. The smallest absolute Gasteiger partial charge is 0.283 e. The van der Waals surface area contributed by atoms with E-state index in [2.05, 4.69) is 15.3 Å². The second kappa shape index (κ2) is 8.01. The number of nitriles is 1. The summed E-state index contributed by atoms with van der Waals surface area (Å²) in [6, 6.07) is 8.83. The number of hydrogen-bond acceptors (Lipinski definition) is 6. The standard InChI is InChI=1S/C19H16ClF2N5O2/c1-19(16(22)15(7-21)29-18(24)27-19)12-6-11(3-4-13(12)20)26-17(28)14-5-2-10(8-23)9-25-14/h2-6,9,15-16H,7H2,1H3,(H2,24,27)(H,26,28)/t15-,16+,19-/m1/s1. The highest BCUT2D eigenvalue weighted by molar-refractivity contribution is 6.31. The number of rotatable bonds is 4. The van der Waals surface area contributed by atoms with Gasteiger partial charge in [-0.2, -0.15) is 5.26 Å². The van der Waals surface area contributed by atoms with Gasteiger partial charge in [-0.05, 0) is 37.3 Å². The minimum atomic E-state index is -1.86. The number of nitrogens with zero attached hydrogens (tertiary/aromatic N) is 3. The summed E-state index contributed by atoms with van der Waals surface area (Å²) in [4.78, 5) is 20.3. The van der Waals surface area contributed by atoms with Crippen LogP contribution < -0.4 is 11.1 Å². The fourth-order valence-corrected chi connectivity index (χ4v) is 3.30. The number of aliphatic imine (C=N–C) groups is 1. The lowest BCUT2D eigenvalue weighted by molar-refractivity contribution is 0.00558. The molecular weight excluding hydrogens is 404 g/mol. The van der Waals surface area contributed by atoms with Crippen molar-refractivity contribution in [2.45, 2.75) is 24.7 Å². The lowest BCUT2D eigenvalue weighted by atomic mass is 9.84. The van der Waals surface area contributed by atoms with Crippen LogP contribution in [0, 0.1) is 11.3 Å². The molecule has 0 bridgehead atoms. The van der Waals surface area contributed by atoms with E-state index in [-0.39, 0.29) is 22.3 Å². The number of hydrogen-bond donors (Lipinski definition) is 2. The van der Waals surface area contributed by atoms with E-state index < -0.39 is 30.4 Å². The van der Waals surface area contributed by atoms with Crippen molar-refractivity contribution in [1.29, 1.82) is 5.26 Å². The number of amides is 1. The van der Waals surface area contributed by atoms with E-state index in [0.717, 1.165) is 0 Å². The molecule has 7 nitrogen and oxygen atoms in total. The summed E-state index contributed by atoms with van der Waals surface area (Å²) in [6.45, 7) is 0.329.